The highest BCUT2D eigenvalue weighted by molar-refractivity contribution is 5.94. The fraction of sp³-hybridized carbons (Fsp3) is 0.440. The Hall–Kier alpha value is -3.26. The number of hydrogen-bond donors (Lipinski definition) is 1. The molecule has 3 rings (SSSR count). The van der Waals surface area contributed by atoms with Crippen LogP contribution in [0.2, 0.25) is 0 Å². The molecule has 2 aromatic carbocycles. The normalized spacial score (nSPS) is 16.8. The molecule has 2 amide bonds. The lowest BCUT2D eigenvalue weighted by Gasteiger charge is -2.32. The largest absolute Gasteiger partial charge is 0.507 e. The van der Waals surface area contributed by atoms with Crippen LogP contribution in [0, 0.1) is 0 Å². The average molecular weight is 457 g/mol. The van der Waals surface area contributed by atoms with Gasteiger partial charge in [-0.3, -0.25) is 9.59 Å². The summed E-state index contributed by atoms with van der Waals surface area (Å²) in [6, 6.07) is 10.3. The first kappa shape index (κ1) is 24.4. The summed E-state index contributed by atoms with van der Waals surface area (Å²) in [4.78, 5) is 28.9. The van der Waals surface area contributed by atoms with Crippen LogP contribution in [0.25, 0.3) is 0 Å². The van der Waals surface area contributed by atoms with Crippen LogP contribution in [0.15, 0.2) is 36.4 Å². The van der Waals surface area contributed by atoms with E-state index in [-0.39, 0.29) is 30.1 Å². The topological polar surface area (TPSA) is 88.5 Å². The lowest BCUT2D eigenvalue weighted by atomic mass is 9.86. The second-order valence-corrected chi connectivity index (χ2v) is 8.36. The zero-order valence-electron chi connectivity index (χ0n) is 19.8. The maximum atomic E-state index is 13.3. The number of methoxy groups -OCH3 is 2. The third kappa shape index (κ3) is 5.57. The van der Waals surface area contributed by atoms with E-state index in [9.17, 15) is 14.7 Å². The van der Waals surface area contributed by atoms with Gasteiger partial charge in [-0.25, -0.2) is 0 Å². The summed E-state index contributed by atoms with van der Waals surface area (Å²) in [5, 5.41) is 10.9. The number of carbonyl (C=O) groups excluding carboxylic acids is 2. The number of carbonyl (C=O) groups is 2. The van der Waals surface area contributed by atoms with E-state index in [2.05, 4.69) is 0 Å². The number of hydrogen-bond acceptors (Lipinski definition) is 6. The van der Waals surface area contributed by atoms with Gasteiger partial charge >= 0.3 is 0 Å². The van der Waals surface area contributed by atoms with Gasteiger partial charge in [-0.05, 0) is 24.6 Å². The van der Waals surface area contributed by atoms with Gasteiger partial charge in [0.2, 0.25) is 5.91 Å². The Labute approximate surface area is 194 Å². The van der Waals surface area contributed by atoms with Crippen LogP contribution in [-0.2, 0) is 9.53 Å². The Morgan fingerprint density at radius 2 is 1.88 bits per heavy atom. The Morgan fingerprint density at radius 1 is 1.18 bits per heavy atom. The van der Waals surface area contributed by atoms with Crippen molar-refractivity contribution in [3.05, 3.63) is 53.1 Å². The van der Waals surface area contributed by atoms with Gasteiger partial charge in [0.15, 0.2) is 0 Å². The van der Waals surface area contributed by atoms with E-state index in [1.165, 1.54) is 25.2 Å². The lowest BCUT2D eigenvalue weighted by molar-refractivity contribution is -0.138. The number of nitrogens with zero attached hydrogens (tertiary/aromatic N) is 2. The minimum absolute atomic E-state index is 0.0206. The van der Waals surface area contributed by atoms with Crippen LogP contribution in [0.1, 0.15) is 40.7 Å². The lowest BCUT2D eigenvalue weighted by Crippen LogP contribution is -2.44. The molecule has 1 fully saturated rings. The minimum atomic E-state index is -0.486. The number of rotatable bonds is 7. The number of phenols is 1. The monoisotopic (exact) mass is 456 g/mol. The van der Waals surface area contributed by atoms with E-state index in [1.807, 2.05) is 19.1 Å². The average Bonchev–Trinajstić information content (AvgIpc) is 2.81. The van der Waals surface area contributed by atoms with Crippen molar-refractivity contribution in [1.82, 2.24) is 9.80 Å². The summed E-state index contributed by atoms with van der Waals surface area (Å²) in [5.41, 5.74) is 1.83. The zero-order chi connectivity index (χ0) is 24.1. The number of morpholine rings is 1. The Kier molecular flexibility index (Phi) is 7.81. The number of amides is 2. The van der Waals surface area contributed by atoms with Crippen molar-refractivity contribution >= 4 is 11.8 Å². The molecule has 1 saturated heterocycles. The van der Waals surface area contributed by atoms with Gasteiger partial charge in [-0.15, -0.1) is 0 Å². The number of aromatic hydroxyl groups is 1. The fourth-order valence-electron chi connectivity index (χ4n) is 4.08. The van der Waals surface area contributed by atoms with Crippen LogP contribution >= 0.6 is 0 Å². The quantitative estimate of drug-likeness (QED) is 0.689. The first-order valence-electron chi connectivity index (χ1n) is 10.9. The van der Waals surface area contributed by atoms with Gasteiger partial charge in [-0.2, -0.15) is 0 Å². The first-order valence-corrected chi connectivity index (χ1v) is 10.9. The molecule has 0 radical (unpaired) electrons. The molecule has 0 spiro atoms. The number of ether oxygens (including phenoxy) is 3. The smallest absolute Gasteiger partial charge is 0.253 e. The summed E-state index contributed by atoms with van der Waals surface area (Å²) in [7, 11) is 6.41. The molecule has 2 aromatic rings. The summed E-state index contributed by atoms with van der Waals surface area (Å²) < 4.78 is 16.4. The second-order valence-electron chi connectivity index (χ2n) is 8.36. The van der Waals surface area contributed by atoms with Gasteiger partial charge in [-0.1, -0.05) is 12.1 Å². The van der Waals surface area contributed by atoms with E-state index >= 15 is 0 Å². The van der Waals surface area contributed by atoms with Crippen molar-refractivity contribution in [2.75, 3.05) is 48.0 Å². The standard InChI is InChI=1S/C25H32N2O6/c1-16-15-27(10-11-33-16)23(29)14-20(17-6-8-18(9-7-17)25(30)26(2)3)24-21(28)12-19(31-4)13-22(24)32-5/h6-9,12-13,16,20,28H,10-11,14-15H2,1-5H3. The second kappa shape index (κ2) is 10.6. The van der Waals surface area contributed by atoms with Crippen LogP contribution in [0.4, 0.5) is 0 Å². The van der Waals surface area contributed by atoms with Gasteiger partial charge in [0.1, 0.15) is 17.2 Å². The van der Waals surface area contributed by atoms with E-state index in [0.717, 1.165) is 5.56 Å². The molecule has 1 aliphatic rings. The molecule has 1 aliphatic heterocycles. The molecule has 1 heterocycles. The fourth-order valence-corrected chi connectivity index (χ4v) is 4.08. The molecule has 0 aliphatic carbocycles. The SMILES string of the molecule is COc1cc(O)c(C(CC(=O)N2CCOC(C)C2)c2ccc(C(=O)N(C)C)cc2)c(OC)c1. The molecule has 8 nitrogen and oxygen atoms in total. The summed E-state index contributed by atoms with van der Waals surface area (Å²) in [6.45, 7) is 3.48. The van der Waals surface area contributed by atoms with Crippen molar-refractivity contribution in [2.24, 2.45) is 0 Å². The van der Waals surface area contributed by atoms with Crippen LogP contribution in [0.5, 0.6) is 17.2 Å². The maximum absolute atomic E-state index is 13.3. The molecule has 2 unspecified atom stereocenters. The maximum Gasteiger partial charge on any atom is 0.253 e. The molecule has 0 bridgehead atoms. The Bertz CT molecular complexity index is 989. The van der Waals surface area contributed by atoms with Crippen molar-refractivity contribution < 1.29 is 28.9 Å². The van der Waals surface area contributed by atoms with Gasteiger partial charge in [0, 0.05) is 62.8 Å². The summed E-state index contributed by atoms with van der Waals surface area (Å²) in [6.07, 6.45) is 0.102. The predicted octanol–water partition coefficient (Wildman–Crippen LogP) is 2.88. The van der Waals surface area contributed by atoms with Crippen molar-refractivity contribution in [2.45, 2.75) is 25.4 Å². The van der Waals surface area contributed by atoms with Crippen molar-refractivity contribution in [3.63, 3.8) is 0 Å². The van der Waals surface area contributed by atoms with Gasteiger partial charge in [0.25, 0.3) is 5.91 Å². The van der Waals surface area contributed by atoms with E-state index < -0.39 is 5.92 Å². The van der Waals surface area contributed by atoms with E-state index in [0.29, 0.717) is 42.3 Å². The molecule has 33 heavy (non-hydrogen) atoms. The van der Waals surface area contributed by atoms with Crippen molar-refractivity contribution in [1.29, 1.82) is 0 Å². The molecule has 178 valence electrons. The Balaban J connectivity index is 2.02. The Morgan fingerprint density at radius 3 is 2.45 bits per heavy atom. The van der Waals surface area contributed by atoms with Gasteiger partial charge < -0.3 is 29.1 Å². The molecule has 8 heteroatoms. The zero-order valence-corrected chi connectivity index (χ0v) is 19.8. The van der Waals surface area contributed by atoms with Gasteiger partial charge in [0.05, 0.1) is 26.9 Å². The summed E-state index contributed by atoms with van der Waals surface area (Å²) in [5.74, 6) is 0.218. The predicted molar refractivity (Wildman–Crippen MR) is 124 cm³/mol. The number of benzene rings is 2. The third-order valence-corrected chi connectivity index (χ3v) is 5.84. The first-order chi connectivity index (χ1) is 15.7. The van der Waals surface area contributed by atoms with E-state index in [4.69, 9.17) is 14.2 Å². The minimum Gasteiger partial charge on any atom is -0.507 e. The van der Waals surface area contributed by atoms with Crippen LogP contribution in [-0.4, -0.2) is 80.8 Å². The highest BCUT2D eigenvalue weighted by Crippen LogP contribution is 2.43. The van der Waals surface area contributed by atoms with Crippen LogP contribution in [0.3, 0.4) is 0 Å². The number of phenolic OH excluding ortho intramolecular Hbond substituents is 1. The molecule has 0 saturated carbocycles. The van der Waals surface area contributed by atoms with Crippen LogP contribution < -0.4 is 9.47 Å². The summed E-state index contributed by atoms with van der Waals surface area (Å²) >= 11 is 0. The molecular weight excluding hydrogens is 424 g/mol. The molecular formula is C25H32N2O6. The molecule has 1 N–H and O–H groups in total. The molecule has 2 atom stereocenters. The third-order valence-electron chi connectivity index (χ3n) is 5.84. The molecule has 0 aromatic heterocycles. The highest BCUT2D eigenvalue weighted by Gasteiger charge is 2.29. The van der Waals surface area contributed by atoms with E-state index in [1.54, 1.807) is 37.2 Å². The van der Waals surface area contributed by atoms with Crippen molar-refractivity contribution in [3.8, 4) is 17.2 Å². The highest BCUT2D eigenvalue weighted by atomic mass is 16.5.